The first-order valence-electron chi connectivity index (χ1n) is 8.60. The van der Waals surface area contributed by atoms with Gasteiger partial charge in [-0.15, -0.1) is 0 Å². The lowest BCUT2D eigenvalue weighted by Gasteiger charge is -2.24. The Labute approximate surface area is 153 Å². The number of nitriles is 1. The van der Waals surface area contributed by atoms with Gasteiger partial charge in [0.15, 0.2) is 11.5 Å². The highest BCUT2D eigenvalue weighted by Gasteiger charge is 2.16. The number of ether oxygens (including phenoxy) is 3. The number of rotatable bonds is 8. The molecule has 0 saturated heterocycles. The molecular formula is C20H22N2O4. The average Bonchev–Trinajstić information content (AvgIpc) is 3.14. The van der Waals surface area contributed by atoms with Gasteiger partial charge in [-0.1, -0.05) is 13.0 Å². The van der Waals surface area contributed by atoms with Crippen LogP contribution >= 0.6 is 0 Å². The smallest absolute Gasteiger partial charge is 0.231 e. The molecule has 0 amide bonds. The summed E-state index contributed by atoms with van der Waals surface area (Å²) in [6.45, 7) is 4.54. The summed E-state index contributed by atoms with van der Waals surface area (Å²) in [5, 5.41) is 19.1. The highest BCUT2D eigenvalue weighted by atomic mass is 16.7. The SMILES string of the molecule is CCN(Cc1ccc2c(c1)OCO2)C[C@@H](O)COc1ccc(C#N)cc1. The van der Waals surface area contributed by atoms with Crippen molar-refractivity contribution in [3.8, 4) is 23.3 Å². The first-order valence-corrected chi connectivity index (χ1v) is 8.60. The summed E-state index contributed by atoms with van der Waals surface area (Å²) in [5.74, 6) is 2.18. The van der Waals surface area contributed by atoms with Gasteiger partial charge in [0, 0.05) is 13.1 Å². The van der Waals surface area contributed by atoms with Gasteiger partial charge in [-0.2, -0.15) is 5.26 Å². The molecule has 1 N–H and O–H groups in total. The van der Waals surface area contributed by atoms with E-state index in [-0.39, 0.29) is 13.4 Å². The number of likely N-dealkylation sites (N-methyl/N-ethyl adjacent to an activating group) is 1. The molecule has 0 aromatic heterocycles. The Balaban J connectivity index is 1.49. The number of nitrogens with zero attached hydrogens (tertiary/aromatic N) is 2. The van der Waals surface area contributed by atoms with Crippen LogP contribution in [-0.4, -0.2) is 42.6 Å². The van der Waals surface area contributed by atoms with Crippen LogP contribution in [0.4, 0.5) is 0 Å². The van der Waals surface area contributed by atoms with Crippen LogP contribution in [0.15, 0.2) is 42.5 Å². The van der Waals surface area contributed by atoms with E-state index in [1.807, 2.05) is 18.2 Å². The summed E-state index contributed by atoms with van der Waals surface area (Å²) in [6, 6.07) is 14.8. The molecule has 0 fully saturated rings. The van der Waals surface area contributed by atoms with Crippen molar-refractivity contribution in [1.82, 2.24) is 4.90 Å². The summed E-state index contributed by atoms with van der Waals surface area (Å²) >= 11 is 0. The van der Waals surface area contributed by atoms with Crippen LogP contribution in [-0.2, 0) is 6.54 Å². The highest BCUT2D eigenvalue weighted by molar-refractivity contribution is 5.44. The number of hydrogen-bond donors (Lipinski definition) is 1. The maximum Gasteiger partial charge on any atom is 0.231 e. The highest BCUT2D eigenvalue weighted by Crippen LogP contribution is 2.32. The topological polar surface area (TPSA) is 75.0 Å². The van der Waals surface area contributed by atoms with Crippen molar-refractivity contribution in [2.45, 2.75) is 19.6 Å². The largest absolute Gasteiger partial charge is 0.491 e. The minimum absolute atomic E-state index is 0.198. The van der Waals surface area contributed by atoms with Gasteiger partial charge in [0.25, 0.3) is 0 Å². The van der Waals surface area contributed by atoms with Gasteiger partial charge in [-0.05, 0) is 48.5 Å². The van der Waals surface area contributed by atoms with Gasteiger partial charge in [0.05, 0.1) is 11.6 Å². The van der Waals surface area contributed by atoms with Gasteiger partial charge in [0.2, 0.25) is 6.79 Å². The molecule has 0 saturated carbocycles. The normalized spacial score (nSPS) is 13.5. The van der Waals surface area contributed by atoms with Gasteiger partial charge < -0.3 is 19.3 Å². The third-order valence-electron chi connectivity index (χ3n) is 4.19. The third-order valence-corrected chi connectivity index (χ3v) is 4.19. The number of aliphatic hydroxyl groups is 1. The molecule has 1 atom stereocenters. The predicted molar refractivity (Wildman–Crippen MR) is 96.2 cm³/mol. The minimum Gasteiger partial charge on any atom is -0.491 e. The molecule has 2 aromatic rings. The summed E-state index contributed by atoms with van der Waals surface area (Å²) in [7, 11) is 0. The second-order valence-electron chi connectivity index (χ2n) is 6.12. The summed E-state index contributed by atoms with van der Waals surface area (Å²) in [6.07, 6.45) is -0.611. The number of benzene rings is 2. The number of fused-ring (bicyclic) bond motifs is 1. The maximum absolute atomic E-state index is 10.3. The molecule has 0 radical (unpaired) electrons. The Hall–Kier alpha value is -2.75. The maximum atomic E-state index is 10.3. The molecule has 2 aromatic carbocycles. The first kappa shape index (κ1) is 18.1. The number of hydrogen-bond acceptors (Lipinski definition) is 6. The lowest BCUT2D eigenvalue weighted by atomic mass is 10.2. The summed E-state index contributed by atoms with van der Waals surface area (Å²) < 4.78 is 16.3. The van der Waals surface area contributed by atoms with Gasteiger partial charge in [-0.25, -0.2) is 0 Å². The summed E-state index contributed by atoms with van der Waals surface area (Å²) in [4.78, 5) is 2.14. The standard InChI is InChI=1S/C20H22N2O4/c1-2-22(11-16-5-8-19-20(9-16)26-14-25-19)12-17(23)13-24-18-6-3-15(10-21)4-7-18/h3-9,17,23H,2,11-14H2,1H3/t17-/m1/s1. The van der Waals surface area contributed by atoms with E-state index in [1.54, 1.807) is 24.3 Å². The van der Waals surface area contributed by atoms with Crippen LogP contribution in [0.25, 0.3) is 0 Å². The Bertz CT molecular complexity index is 770. The summed E-state index contributed by atoms with van der Waals surface area (Å²) in [5.41, 5.74) is 1.69. The molecule has 0 spiro atoms. The molecule has 0 bridgehead atoms. The van der Waals surface area contributed by atoms with Crippen LogP contribution in [0.1, 0.15) is 18.1 Å². The van der Waals surface area contributed by atoms with Crippen molar-refractivity contribution in [2.75, 3.05) is 26.5 Å². The van der Waals surface area contributed by atoms with E-state index >= 15 is 0 Å². The monoisotopic (exact) mass is 354 g/mol. The third kappa shape index (κ3) is 4.66. The van der Waals surface area contributed by atoms with E-state index in [9.17, 15) is 5.11 Å². The zero-order valence-corrected chi connectivity index (χ0v) is 14.7. The molecule has 26 heavy (non-hydrogen) atoms. The van der Waals surface area contributed by atoms with Crippen LogP contribution in [0.3, 0.4) is 0 Å². The Kier molecular flexibility index (Phi) is 5.95. The van der Waals surface area contributed by atoms with Crippen molar-refractivity contribution in [3.63, 3.8) is 0 Å². The van der Waals surface area contributed by atoms with Crippen LogP contribution < -0.4 is 14.2 Å². The number of aliphatic hydroxyl groups excluding tert-OH is 1. The van der Waals surface area contributed by atoms with Gasteiger partial charge in [0.1, 0.15) is 18.5 Å². The van der Waals surface area contributed by atoms with Crippen LogP contribution in [0.2, 0.25) is 0 Å². The van der Waals surface area contributed by atoms with E-state index in [0.29, 0.717) is 24.4 Å². The minimum atomic E-state index is -0.611. The van der Waals surface area contributed by atoms with E-state index in [4.69, 9.17) is 19.5 Å². The zero-order valence-electron chi connectivity index (χ0n) is 14.7. The van der Waals surface area contributed by atoms with Crippen LogP contribution in [0, 0.1) is 11.3 Å². The van der Waals surface area contributed by atoms with Crippen molar-refractivity contribution in [3.05, 3.63) is 53.6 Å². The second kappa shape index (κ2) is 8.56. The average molecular weight is 354 g/mol. The Morgan fingerprint density at radius 2 is 1.96 bits per heavy atom. The van der Waals surface area contributed by atoms with E-state index < -0.39 is 6.10 Å². The van der Waals surface area contributed by atoms with Crippen molar-refractivity contribution in [1.29, 1.82) is 5.26 Å². The van der Waals surface area contributed by atoms with E-state index in [2.05, 4.69) is 17.9 Å². The molecule has 6 heteroatoms. The Morgan fingerprint density at radius 3 is 2.69 bits per heavy atom. The molecular weight excluding hydrogens is 332 g/mol. The molecule has 136 valence electrons. The fourth-order valence-corrected chi connectivity index (χ4v) is 2.77. The Morgan fingerprint density at radius 1 is 1.19 bits per heavy atom. The van der Waals surface area contributed by atoms with Crippen molar-refractivity contribution >= 4 is 0 Å². The fourth-order valence-electron chi connectivity index (χ4n) is 2.77. The van der Waals surface area contributed by atoms with Gasteiger partial charge in [-0.3, -0.25) is 4.90 Å². The van der Waals surface area contributed by atoms with Crippen LogP contribution in [0.5, 0.6) is 17.2 Å². The first-order chi connectivity index (χ1) is 12.7. The molecule has 0 aliphatic carbocycles. The van der Waals surface area contributed by atoms with E-state index in [1.165, 1.54) is 0 Å². The molecule has 6 nitrogen and oxygen atoms in total. The fraction of sp³-hybridized carbons (Fsp3) is 0.350. The molecule has 1 aliphatic rings. The molecule has 0 unspecified atom stereocenters. The van der Waals surface area contributed by atoms with Crippen molar-refractivity contribution < 1.29 is 19.3 Å². The van der Waals surface area contributed by atoms with E-state index in [0.717, 1.165) is 23.6 Å². The zero-order chi connectivity index (χ0) is 18.4. The lowest BCUT2D eigenvalue weighted by Crippen LogP contribution is -2.35. The molecule has 1 aliphatic heterocycles. The van der Waals surface area contributed by atoms with Crippen molar-refractivity contribution in [2.24, 2.45) is 0 Å². The quantitative estimate of drug-likeness (QED) is 0.785. The lowest BCUT2D eigenvalue weighted by molar-refractivity contribution is 0.0674. The molecule has 3 rings (SSSR count). The molecule has 1 heterocycles. The van der Waals surface area contributed by atoms with Gasteiger partial charge >= 0.3 is 0 Å². The second-order valence-corrected chi connectivity index (χ2v) is 6.12. The predicted octanol–water partition coefficient (Wildman–Crippen LogP) is 2.55.